The van der Waals surface area contributed by atoms with Crippen LogP contribution in [-0.4, -0.2) is 55.3 Å². The van der Waals surface area contributed by atoms with Crippen LogP contribution in [0.2, 0.25) is 0 Å². The highest BCUT2D eigenvalue weighted by molar-refractivity contribution is 5.89. The monoisotopic (exact) mass is 468 g/mol. The number of hydrogen-bond acceptors (Lipinski definition) is 4. The fraction of sp³-hybridized carbons (Fsp3) is 0.885. The zero-order chi connectivity index (χ0) is 24.7. The Bertz CT molecular complexity index is 514. The van der Waals surface area contributed by atoms with Gasteiger partial charge >= 0.3 is 0 Å². The lowest BCUT2D eigenvalue weighted by Crippen LogP contribution is -2.49. The molecule has 0 aliphatic carbocycles. The Kier molecular flexibility index (Phi) is 21.1. The van der Waals surface area contributed by atoms with E-state index in [4.69, 9.17) is 5.73 Å². The van der Waals surface area contributed by atoms with E-state index in [9.17, 15) is 14.4 Å². The molecular formula is C26H52N4O3. The van der Waals surface area contributed by atoms with Crippen LogP contribution in [0.4, 0.5) is 0 Å². The van der Waals surface area contributed by atoms with Crippen molar-refractivity contribution in [2.24, 2.45) is 5.73 Å². The van der Waals surface area contributed by atoms with Crippen molar-refractivity contribution in [2.75, 3.05) is 26.7 Å². The Morgan fingerprint density at radius 3 is 1.73 bits per heavy atom. The van der Waals surface area contributed by atoms with Gasteiger partial charge in [-0.1, -0.05) is 90.4 Å². The van der Waals surface area contributed by atoms with Crippen LogP contribution in [-0.2, 0) is 14.4 Å². The molecule has 33 heavy (non-hydrogen) atoms. The van der Waals surface area contributed by atoms with Crippen molar-refractivity contribution >= 4 is 17.7 Å². The molecule has 0 saturated carbocycles. The Balaban J connectivity index is 3.71. The van der Waals surface area contributed by atoms with Crippen LogP contribution >= 0.6 is 0 Å². The summed E-state index contributed by atoms with van der Waals surface area (Å²) < 4.78 is 0. The largest absolute Gasteiger partial charge is 0.355 e. The number of likely N-dealkylation sites (N-methyl/N-ethyl adjacent to an activating group) is 1. The van der Waals surface area contributed by atoms with Gasteiger partial charge in [0.05, 0.1) is 6.54 Å². The number of unbranched alkanes of at least 4 members (excludes halogenated alkanes) is 13. The maximum atomic E-state index is 12.5. The summed E-state index contributed by atoms with van der Waals surface area (Å²) in [5.74, 6) is -0.688. The number of nitrogens with one attached hydrogen (secondary N) is 2. The van der Waals surface area contributed by atoms with E-state index >= 15 is 0 Å². The molecule has 0 aliphatic heterocycles. The molecule has 0 aromatic rings. The number of nitrogens with two attached hydrogens (primary N) is 1. The van der Waals surface area contributed by atoms with Crippen molar-refractivity contribution in [3.8, 4) is 0 Å². The average Bonchev–Trinajstić information content (AvgIpc) is 2.78. The molecule has 0 fully saturated rings. The SMILES string of the molecule is CCCCCCCCCCCCCCCCNC(=O)CN(C)C(=O)C(CCCN)NC(C)=O. The average molecular weight is 469 g/mol. The first-order valence-corrected chi connectivity index (χ1v) is 13.4. The van der Waals surface area contributed by atoms with Gasteiger partial charge < -0.3 is 21.3 Å². The van der Waals surface area contributed by atoms with Gasteiger partial charge in [0.1, 0.15) is 6.04 Å². The van der Waals surface area contributed by atoms with Crippen LogP contribution in [0.25, 0.3) is 0 Å². The van der Waals surface area contributed by atoms with Gasteiger partial charge in [0.15, 0.2) is 0 Å². The zero-order valence-electron chi connectivity index (χ0n) is 21.8. The smallest absolute Gasteiger partial charge is 0.245 e. The summed E-state index contributed by atoms with van der Waals surface area (Å²) in [7, 11) is 1.59. The first-order chi connectivity index (χ1) is 15.9. The van der Waals surface area contributed by atoms with E-state index in [1.165, 1.54) is 88.9 Å². The second-order valence-corrected chi connectivity index (χ2v) is 9.32. The Labute approximate surface area is 203 Å². The summed E-state index contributed by atoms with van der Waals surface area (Å²) in [6.07, 6.45) is 19.4. The number of rotatable bonds is 22. The highest BCUT2D eigenvalue weighted by atomic mass is 16.2. The first kappa shape index (κ1) is 31.4. The molecule has 7 nitrogen and oxygen atoms in total. The first-order valence-electron chi connectivity index (χ1n) is 13.4. The normalized spacial score (nSPS) is 11.8. The quantitative estimate of drug-likeness (QED) is 0.206. The molecule has 1 atom stereocenters. The molecule has 1 unspecified atom stereocenters. The number of amides is 3. The molecule has 0 aromatic carbocycles. The standard InChI is InChI=1S/C26H52N4O3/c1-4-5-6-7-8-9-10-11-12-13-14-15-16-17-21-28-25(32)22-30(3)26(33)24(19-18-20-27)29-23(2)31/h24H,4-22,27H2,1-3H3,(H,28,32)(H,29,31). The van der Waals surface area contributed by atoms with Crippen molar-refractivity contribution in [1.82, 2.24) is 15.5 Å². The summed E-state index contributed by atoms with van der Waals surface area (Å²) in [6.45, 7) is 4.73. The van der Waals surface area contributed by atoms with Crippen molar-refractivity contribution < 1.29 is 14.4 Å². The van der Waals surface area contributed by atoms with Crippen LogP contribution in [0.15, 0.2) is 0 Å². The second kappa shape index (κ2) is 22.2. The van der Waals surface area contributed by atoms with Gasteiger partial charge in [0, 0.05) is 20.5 Å². The second-order valence-electron chi connectivity index (χ2n) is 9.32. The fourth-order valence-corrected chi connectivity index (χ4v) is 3.99. The van der Waals surface area contributed by atoms with E-state index in [2.05, 4.69) is 17.6 Å². The van der Waals surface area contributed by atoms with Gasteiger partial charge in [-0.2, -0.15) is 0 Å². The van der Waals surface area contributed by atoms with Crippen LogP contribution < -0.4 is 16.4 Å². The molecule has 0 aliphatic rings. The van der Waals surface area contributed by atoms with Crippen molar-refractivity contribution in [2.45, 2.75) is 123 Å². The molecule has 0 rings (SSSR count). The molecule has 0 heterocycles. The third-order valence-electron chi connectivity index (χ3n) is 5.98. The van der Waals surface area contributed by atoms with Crippen LogP contribution in [0.5, 0.6) is 0 Å². The predicted molar refractivity (Wildman–Crippen MR) is 137 cm³/mol. The van der Waals surface area contributed by atoms with Gasteiger partial charge in [0.25, 0.3) is 0 Å². The lowest BCUT2D eigenvalue weighted by molar-refractivity contribution is -0.138. The van der Waals surface area contributed by atoms with E-state index in [-0.39, 0.29) is 24.3 Å². The molecule has 0 radical (unpaired) electrons. The number of nitrogens with zero attached hydrogens (tertiary/aromatic N) is 1. The summed E-state index contributed by atoms with van der Waals surface area (Å²) in [6, 6.07) is -0.630. The summed E-state index contributed by atoms with van der Waals surface area (Å²) in [5, 5.41) is 5.55. The maximum Gasteiger partial charge on any atom is 0.245 e. The van der Waals surface area contributed by atoms with E-state index in [1.54, 1.807) is 7.05 Å². The van der Waals surface area contributed by atoms with E-state index in [0.29, 0.717) is 25.9 Å². The van der Waals surface area contributed by atoms with Crippen molar-refractivity contribution in [3.63, 3.8) is 0 Å². The van der Waals surface area contributed by atoms with E-state index in [1.807, 2.05) is 0 Å². The molecule has 0 saturated heterocycles. The third-order valence-corrected chi connectivity index (χ3v) is 5.98. The molecule has 3 amide bonds. The van der Waals surface area contributed by atoms with Gasteiger partial charge in [-0.25, -0.2) is 0 Å². The highest BCUT2D eigenvalue weighted by Gasteiger charge is 2.23. The number of carbonyl (C=O) groups excluding carboxylic acids is 3. The van der Waals surface area contributed by atoms with Gasteiger partial charge in [-0.15, -0.1) is 0 Å². The predicted octanol–water partition coefficient (Wildman–Crippen LogP) is 4.29. The Morgan fingerprint density at radius 1 is 0.788 bits per heavy atom. The van der Waals surface area contributed by atoms with E-state index in [0.717, 1.165) is 12.8 Å². The van der Waals surface area contributed by atoms with Crippen LogP contribution in [0, 0.1) is 0 Å². The molecule has 0 bridgehead atoms. The van der Waals surface area contributed by atoms with Crippen LogP contribution in [0.1, 0.15) is 117 Å². The molecule has 4 N–H and O–H groups in total. The Hall–Kier alpha value is -1.63. The maximum absolute atomic E-state index is 12.5. The minimum Gasteiger partial charge on any atom is -0.355 e. The summed E-state index contributed by atoms with van der Waals surface area (Å²) >= 11 is 0. The minimum atomic E-state index is -0.630. The molecule has 7 heteroatoms. The van der Waals surface area contributed by atoms with Gasteiger partial charge in [-0.3, -0.25) is 14.4 Å². The zero-order valence-corrected chi connectivity index (χ0v) is 21.8. The Morgan fingerprint density at radius 2 is 1.27 bits per heavy atom. The van der Waals surface area contributed by atoms with Crippen LogP contribution in [0.3, 0.4) is 0 Å². The molecule has 0 aromatic heterocycles. The summed E-state index contributed by atoms with van der Waals surface area (Å²) in [5.41, 5.74) is 5.51. The minimum absolute atomic E-state index is 0.00382. The fourth-order valence-electron chi connectivity index (χ4n) is 3.99. The topological polar surface area (TPSA) is 105 Å². The third kappa shape index (κ3) is 19.5. The molecular weight excluding hydrogens is 416 g/mol. The number of hydrogen-bond donors (Lipinski definition) is 3. The lowest BCUT2D eigenvalue weighted by Gasteiger charge is -2.23. The molecule has 194 valence electrons. The van der Waals surface area contributed by atoms with E-state index < -0.39 is 6.04 Å². The number of carbonyl (C=O) groups is 3. The van der Waals surface area contributed by atoms with Crippen molar-refractivity contribution in [3.05, 3.63) is 0 Å². The lowest BCUT2D eigenvalue weighted by atomic mass is 10.0. The van der Waals surface area contributed by atoms with Gasteiger partial charge in [0.2, 0.25) is 17.7 Å². The van der Waals surface area contributed by atoms with Crippen molar-refractivity contribution in [1.29, 1.82) is 0 Å². The molecule has 0 spiro atoms. The highest BCUT2D eigenvalue weighted by Crippen LogP contribution is 2.12. The van der Waals surface area contributed by atoms with Gasteiger partial charge in [-0.05, 0) is 25.8 Å². The summed E-state index contributed by atoms with van der Waals surface area (Å²) in [4.78, 5) is 37.4.